The third kappa shape index (κ3) is 22.6. The number of aliphatic hydroxyl groups is 2. The minimum atomic E-state index is -0.507. The Morgan fingerprint density at radius 1 is 0.333 bits per heavy atom. The molecule has 2 N–H and O–H groups in total. The summed E-state index contributed by atoms with van der Waals surface area (Å²) in [5.41, 5.74) is 0. The molecule has 0 aromatic carbocycles. The highest BCUT2D eigenvalue weighted by molar-refractivity contribution is 4.67. The lowest BCUT2D eigenvalue weighted by molar-refractivity contribution is 0.00712. The number of hydrogen-bond donors (Lipinski definition) is 2. The van der Waals surface area contributed by atoms with Crippen LogP contribution in [0.3, 0.4) is 0 Å². The third-order valence-corrected chi connectivity index (χ3v) is 6.65. The Morgan fingerprint density at radius 2 is 0.533 bits per heavy atom. The standard InChI is InChI=1S/C28H58O2/c1-3-5-7-9-11-12-13-14-15-16-17-18-19-20-22-24-26-28(30)27(29)25-23-21-10-8-6-4-2/h27-30H,3-26H2,1-2H3. The van der Waals surface area contributed by atoms with Gasteiger partial charge in [-0.15, -0.1) is 0 Å². The zero-order chi connectivity index (χ0) is 22.1. The van der Waals surface area contributed by atoms with Crippen molar-refractivity contribution < 1.29 is 10.2 Å². The maximum atomic E-state index is 10.1. The van der Waals surface area contributed by atoms with Crippen LogP contribution >= 0.6 is 0 Å². The van der Waals surface area contributed by atoms with Crippen molar-refractivity contribution in [1.29, 1.82) is 0 Å². The average Bonchev–Trinajstić information content (AvgIpc) is 2.75. The molecule has 0 spiro atoms. The van der Waals surface area contributed by atoms with Crippen molar-refractivity contribution >= 4 is 0 Å². The van der Waals surface area contributed by atoms with Crippen molar-refractivity contribution in [2.24, 2.45) is 0 Å². The number of unbranched alkanes of at least 4 members (excludes halogenated alkanes) is 20. The molecule has 30 heavy (non-hydrogen) atoms. The highest BCUT2D eigenvalue weighted by Gasteiger charge is 2.15. The summed E-state index contributed by atoms with van der Waals surface area (Å²) in [4.78, 5) is 0. The molecule has 0 aromatic heterocycles. The molecule has 0 saturated heterocycles. The second-order valence-electron chi connectivity index (χ2n) is 9.78. The molecule has 0 aromatic rings. The van der Waals surface area contributed by atoms with E-state index in [0.717, 1.165) is 25.7 Å². The van der Waals surface area contributed by atoms with Crippen LogP contribution in [-0.2, 0) is 0 Å². The molecule has 0 bridgehead atoms. The first-order chi connectivity index (χ1) is 14.7. The fourth-order valence-corrected chi connectivity index (χ4v) is 4.42. The van der Waals surface area contributed by atoms with Crippen molar-refractivity contribution in [3.8, 4) is 0 Å². The molecule has 0 aliphatic rings. The molecular weight excluding hydrogens is 368 g/mol. The Balaban J connectivity index is 3.23. The van der Waals surface area contributed by atoms with Gasteiger partial charge >= 0.3 is 0 Å². The summed E-state index contributed by atoms with van der Waals surface area (Å²) < 4.78 is 0. The predicted molar refractivity (Wildman–Crippen MR) is 134 cm³/mol. The first-order valence-electron chi connectivity index (χ1n) is 14.1. The lowest BCUT2D eigenvalue weighted by Crippen LogP contribution is -2.25. The Labute approximate surface area is 190 Å². The molecule has 0 amide bonds. The lowest BCUT2D eigenvalue weighted by Gasteiger charge is -2.17. The van der Waals surface area contributed by atoms with E-state index in [0.29, 0.717) is 0 Å². The number of rotatable bonds is 25. The fourth-order valence-electron chi connectivity index (χ4n) is 4.42. The molecule has 2 atom stereocenters. The maximum Gasteiger partial charge on any atom is 0.0799 e. The summed E-state index contributed by atoms with van der Waals surface area (Å²) >= 11 is 0. The van der Waals surface area contributed by atoms with Gasteiger partial charge in [0.15, 0.2) is 0 Å². The lowest BCUT2D eigenvalue weighted by atomic mass is 9.99. The summed E-state index contributed by atoms with van der Waals surface area (Å²) in [6, 6.07) is 0. The van der Waals surface area contributed by atoms with Gasteiger partial charge in [-0.05, 0) is 12.8 Å². The molecule has 0 radical (unpaired) electrons. The summed E-state index contributed by atoms with van der Waals surface area (Å²) in [5, 5.41) is 20.2. The summed E-state index contributed by atoms with van der Waals surface area (Å²) in [7, 11) is 0. The quantitative estimate of drug-likeness (QED) is 0.143. The molecular formula is C28H58O2. The minimum Gasteiger partial charge on any atom is -0.390 e. The van der Waals surface area contributed by atoms with Crippen LogP contribution in [0, 0.1) is 0 Å². The van der Waals surface area contributed by atoms with E-state index in [9.17, 15) is 10.2 Å². The second kappa shape index (κ2) is 25.2. The zero-order valence-electron chi connectivity index (χ0n) is 21.0. The van der Waals surface area contributed by atoms with Gasteiger partial charge in [0.25, 0.3) is 0 Å². The Morgan fingerprint density at radius 3 is 0.767 bits per heavy atom. The highest BCUT2D eigenvalue weighted by Crippen LogP contribution is 2.16. The Hall–Kier alpha value is -0.0800. The molecule has 0 heterocycles. The van der Waals surface area contributed by atoms with E-state index in [4.69, 9.17) is 0 Å². The van der Waals surface area contributed by atoms with Crippen LogP contribution < -0.4 is 0 Å². The highest BCUT2D eigenvalue weighted by atomic mass is 16.3. The third-order valence-electron chi connectivity index (χ3n) is 6.65. The van der Waals surface area contributed by atoms with Gasteiger partial charge in [0.05, 0.1) is 12.2 Å². The van der Waals surface area contributed by atoms with E-state index < -0.39 is 12.2 Å². The van der Waals surface area contributed by atoms with Crippen molar-refractivity contribution in [1.82, 2.24) is 0 Å². The van der Waals surface area contributed by atoms with Gasteiger partial charge < -0.3 is 10.2 Å². The molecule has 0 aliphatic carbocycles. The minimum absolute atomic E-state index is 0.507. The van der Waals surface area contributed by atoms with Crippen LogP contribution in [0.5, 0.6) is 0 Å². The molecule has 0 aliphatic heterocycles. The summed E-state index contributed by atoms with van der Waals surface area (Å²) in [5.74, 6) is 0. The molecule has 2 nitrogen and oxygen atoms in total. The first kappa shape index (κ1) is 29.9. The smallest absolute Gasteiger partial charge is 0.0799 e. The van der Waals surface area contributed by atoms with Crippen LogP contribution in [0.2, 0.25) is 0 Å². The predicted octanol–water partition coefficient (Wildman–Crippen LogP) is 9.11. The van der Waals surface area contributed by atoms with Crippen LogP contribution in [0.4, 0.5) is 0 Å². The molecule has 2 unspecified atom stereocenters. The van der Waals surface area contributed by atoms with Crippen LogP contribution in [-0.4, -0.2) is 22.4 Å². The SMILES string of the molecule is CCCCCCCCCCCCCCCCCCC(O)C(O)CCCCCCCC. The van der Waals surface area contributed by atoms with E-state index in [2.05, 4.69) is 13.8 Å². The average molecular weight is 427 g/mol. The second-order valence-corrected chi connectivity index (χ2v) is 9.78. The van der Waals surface area contributed by atoms with Gasteiger partial charge in [0.1, 0.15) is 0 Å². The van der Waals surface area contributed by atoms with Crippen LogP contribution in [0.25, 0.3) is 0 Å². The topological polar surface area (TPSA) is 40.5 Å². The van der Waals surface area contributed by atoms with Gasteiger partial charge in [-0.3, -0.25) is 0 Å². The van der Waals surface area contributed by atoms with E-state index in [-0.39, 0.29) is 0 Å². The van der Waals surface area contributed by atoms with Crippen molar-refractivity contribution in [3.05, 3.63) is 0 Å². The first-order valence-corrected chi connectivity index (χ1v) is 14.1. The molecule has 2 heteroatoms. The van der Waals surface area contributed by atoms with Gasteiger partial charge in [-0.1, -0.05) is 155 Å². The monoisotopic (exact) mass is 426 g/mol. The molecule has 182 valence electrons. The molecule has 0 fully saturated rings. The van der Waals surface area contributed by atoms with Gasteiger partial charge in [-0.2, -0.15) is 0 Å². The number of hydrogen-bond acceptors (Lipinski definition) is 2. The van der Waals surface area contributed by atoms with Crippen molar-refractivity contribution in [3.63, 3.8) is 0 Å². The molecule has 0 saturated carbocycles. The van der Waals surface area contributed by atoms with Crippen LogP contribution in [0.1, 0.15) is 168 Å². The van der Waals surface area contributed by atoms with Gasteiger partial charge in [0, 0.05) is 0 Å². The zero-order valence-corrected chi connectivity index (χ0v) is 21.0. The summed E-state index contributed by atoms with van der Waals surface area (Å²) in [6.45, 7) is 4.52. The van der Waals surface area contributed by atoms with Crippen molar-refractivity contribution in [2.45, 2.75) is 180 Å². The maximum absolute atomic E-state index is 10.1. The van der Waals surface area contributed by atoms with E-state index in [1.54, 1.807) is 0 Å². The number of aliphatic hydroxyl groups excluding tert-OH is 2. The van der Waals surface area contributed by atoms with E-state index in [1.165, 1.54) is 128 Å². The Kier molecular flexibility index (Phi) is 25.1. The Bertz CT molecular complexity index is 305. The van der Waals surface area contributed by atoms with E-state index >= 15 is 0 Å². The summed E-state index contributed by atoms with van der Waals surface area (Å²) in [6.07, 6.45) is 29.9. The van der Waals surface area contributed by atoms with Gasteiger partial charge in [0.2, 0.25) is 0 Å². The molecule has 0 rings (SSSR count). The van der Waals surface area contributed by atoms with Gasteiger partial charge in [-0.25, -0.2) is 0 Å². The fraction of sp³-hybridized carbons (Fsp3) is 1.00. The van der Waals surface area contributed by atoms with E-state index in [1.807, 2.05) is 0 Å². The normalized spacial score (nSPS) is 13.6. The largest absolute Gasteiger partial charge is 0.390 e. The van der Waals surface area contributed by atoms with Crippen LogP contribution in [0.15, 0.2) is 0 Å². The van der Waals surface area contributed by atoms with Crippen molar-refractivity contribution in [2.75, 3.05) is 0 Å².